The number of thiophene rings is 1. The zero-order valence-corrected chi connectivity index (χ0v) is 31.2. The van der Waals surface area contributed by atoms with E-state index in [2.05, 4.69) is 162 Å². The highest BCUT2D eigenvalue weighted by Gasteiger charge is 2.23. The van der Waals surface area contributed by atoms with Gasteiger partial charge in [-0.2, -0.15) is 0 Å². The minimum Gasteiger partial charge on any atom is -0.456 e. The largest absolute Gasteiger partial charge is 0.456 e. The van der Waals surface area contributed by atoms with Crippen LogP contribution in [0.5, 0.6) is 0 Å². The van der Waals surface area contributed by atoms with Crippen LogP contribution in [0, 0.1) is 0 Å². The summed E-state index contributed by atoms with van der Waals surface area (Å²) in [5, 5.41) is 13.1. The van der Waals surface area contributed by atoms with E-state index < -0.39 is 0 Å². The Kier molecular flexibility index (Phi) is 6.29. The lowest BCUT2D eigenvalue weighted by molar-refractivity contribution is 0.669. The zero-order chi connectivity index (χ0) is 37.2. The third-order valence-electron chi connectivity index (χ3n) is 11.8. The monoisotopic (exact) mass is 743 g/mol. The maximum absolute atomic E-state index is 6.37. The Bertz CT molecular complexity index is 3740. The van der Waals surface area contributed by atoms with Crippen LogP contribution in [-0.2, 0) is 0 Å². The second-order valence-electron chi connectivity index (χ2n) is 14.9. The van der Waals surface area contributed by atoms with Gasteiger partial charge in [0.2, 0.25) is 0 Å². The summed E-state index contributed by atoms with van der Waals surface area (Å²) in [4.78, 5) is 10.9. The SMILES string of the molecule is c1ccc2c(c1)ccc1c2c2c3ccccc3ccc2n1-c1cc(-c2nc(-c3cccc4oc5ccccc5c34)c3ccccc3n2)c2sc3ccccc3c2c1. The summed E-state index contributed by atoms with van der Waals surface area (Å²) in [7, 11) is 0. The van der Waals surface area contributed by atoms with Crippen molar-refractivity contribution in [3.8, 4) is 28.3 Å². The van der Waals surface area contributed by atoms with E-state index in [-0.39, 0.29) is 0 Å². The quantitative estimate of drug-likeness (QED) is 0.181. The van der Waals surface area contributed by atoms with Gasteiger partial charge in [0.15, 0.2) is 5.82 Å². The third kappa shape index (κ3) is 4.37. The summed E-state index contributed by atoms with van der Waals surface area (Å²) in [6, 6.07) is 63.0. The lowest BCUT2D eigenvalue weighted by atomic mass is 10.00. The van der Waals surface area contributed by atoms with Gasteiger partial charge in [0, 0.05) is 63.9 Å². The van der Waals surface area contributed by atoms with E-state index in [0.29, 0.717) is 5.82 Å². The summed E-state index contributed by atoms with van der Waals surface area (Å²) in [5.74, 6) is 0.698. The lowest BCUT2D eigenvalue weighted by Crippen LogP contribution is -1.98. The van der Waals surface area contributed by atoms with E-state index in [1.807, 2.05) is 29.5 Å². The number of para-hydroxylation sites is 2. The second kappa shape index (κ2) is 11.6. The molecule has 0 atom stereocenters. The Hall–Kier alpha value is -7.34. The topological polar surface area (TPSA) is 43.9 Å². The Labute approximate surface area is 329 Å². The molecular weight excluding hydrogens is 715 g/mol. The number of aromatic nitrogens is 3. The fraction of sp³-hybridized carbons (Fsp3) is 0. The average Bonchev–Trinajstić information content (AvgIpc) is 3.95. The maximum atomic E-state index is 6.37. The molecule has 5 heteroatoms. The summed E-state index contributed by atoms with van der Waals surface area (Å²) >= 11 is 1.81. The van der Waals surface area contributed by atoms with E-state index in [1.54, 1.807) is 0 Å². The standard InChI is InChI=1S/C52H29N3OS/c1-3-14-33-30(12-1)24-26-42-48(33)49-34-15-4-2-13-31(34)25-27-43(49)55(42)32-28-39-35-16-7-10-23-46(35)57-51(39)40(29-32)52-53-41-20-8-5-17-36(41)50(54-52)38-19-11-22-45-47(38)37-18-6-9-21-44(37)56-45/h1-29H. The molecule has 9 aromatic carbocycles. The molecule has 0 fully saturated rings. The second-order valence-corrected chi connectivity index (χ2v) is 15.9. The lowest BCUT2D eigenvalue weighted by Gasteiger charge is -2.14. The van der Waals surface area contributed by atoms with Gasteiger partial charge in [-0.1, -0.05) is 127 Å². The molecule has 4 aromatic heterocycles. The van der Waals surface area contributed by atoms with Crippen molar-refractivity contribution in [1.82, 2.24) is 14.5 Å². The van der Waals surface area contributed by atoms with Gasteiger partial charge in [-0.3, -0.25) is 0 Å². The van der Waals surface area contributed by atoms with E-state index in [9.17, 15) is 0 Å². The molecule has 0 N–H and O–H groups in total. The highest BCUT2D eigenvalue weighted by atomic mass is 32.1. The first-order valence-corrected chi connectivity index (χ1v) is 20.1. The van der Waals surface area contributed by atoms with Gasteiger partial charge < -0.3 is 8.98 Å². The summed E-state index contributed by atoms with van der Waals surface area (Å²) in [6.45, 7) is 0. The first-order chi connectivity index (χ1) is 28.3. The van der Waals surface area contributed by atoms with Crippen LogP contribution in [0.2, 0.25) is 0 Å². The number of rotatable bonds is 3. The molecule has 0 amide bonds. The van der Waals surface area contributed by atoms with Crippen molar-refractivity contribution in [3.05, 3.63) is 176 Å². The average molecular weight is 744 g/mol. The van der Waals surface area contributed by atoms with Crippen LogP contribution in [0.4, 0.5) is 0 Å². The minimum absolute atomic E-state index is 0.698. The van der Waals surface area contributed by atoms with Crippen LogP contribution in [0.3, 0.4) is 0 Å². The highest BCUT2D eigenvalue weighted by Crippen LogP contribution is 2.46. The Morgan fingerprint density at radius 3 is 1.84 bits per heavy atom. The molecule has 0 unspecified atom stereocenters. The van der Waals surface area contributed by atoms with E-state index in [1.165, 1.54) is 63.5 Å². The normalized spacial score (nSPS) is 12.2. The molecule has 4 heterocycles. The van der Waals surface area contributed by atoms with E-state index in [4.69, 9.17) is 14.4 Å². The van der Waals surface area contributed by atoms with Crippen molar-refractivity contribution >= 4 is 108 Å². The molecule has 0 aliphatic carbocycles. The van der Waals surface area contributed by atoms with Crippen LogP contribution >= 0.6 is 11.3 Å². The van der Waals surface area contributed by atoms with Gasteiger partial charge in [0.1, 0.15) is 11.2 Å². The highest BCUT2D eigenvalue weighted by molar-refractivity contribution is 7.26. The van der Waals surface area contributed by atoms with Crippen LogP contribution in [0.1, 0.15) is 0 Å². The van der Waals surface area contributed by atoms with Crippen LogP contribution < -0.4 is 0 Å². The summed E-state index contributed by atoms with van der Waals surface area (Å²) in [5.41, 5.74) is 8.96. The van der Waals surface area contributed by atoms with Gasteiger partial charge in [-0.25, -0.2) is 9.97 Å². The van der Waals surface area contributed by atoms with E-state index >= 15 is 0 Å². The molecule has 0 aliphatic rings. The van der Waals surface area contributed by atoms with Crippen LogP contribution in [0.25, 0.3) is 125 Å². The van der Waals surface area contributed by atoms with Crippen molar-refractivity contribution < 1.29 is 4.42 Å². The van der Waals surface area contributed by atoms with Crippen molar-refractivity contribution in [2.45, 2.75) is 0 Å². The van der Waals surface area contributed by atoms with E-state index in [0.717, 1.165) is 55.3 Å². The number of nitrogens with zero attached hydrogens (tertiary/aromatic N) is 3. The number of fused-ring (bicyclic) bond motifs is 14. The fourth-order valence-electron chi connectivity index (χ4n) is 9.31. The molecule has 0 spiro atoms. The Morgan fingerprint density at radius 1 is 0.439 bits per heavy atom. The molecule has 264 valence electrons. The first kappa shape index (κ1) is 30.9. The molecule has 0 radical (unpaired) electrons. The molecule has 13 rings (SSSR count). The molecule has 57 heavy (non-hydrogen) atoms. The summed E-state index contributed by atoms with van der Waals surface area (Å²) < 4.78 is 11.2. The number of furan rings is 1. The fourth-order valence-corrected chi connectivity index (χ4v) is 10.5. The van der Waals surface area contributed by atoms with Gasteiger partial charge in [0.05, 0.1) is 22.2 Å². The number of benzene rings is 9. The maximum Gasteiger partial charge on any atom is 0.161 e. The smallest absolute Gasteiger partial charge is 0.161 e. The molecule has 0 bridgehead atoms. The summed E-state index contributed by atoms with van der Waals surface area (Å²) in [6.07, 6.45) is 0. The van der Waals surface area contributed by atoms with Crippen molar-refractivity contribution in [1.29, 1.82) is 0 Å². The van der Waals surface area contributed by atoms with Gasteiger partial charge >= 0.3 is 0 Å². The Morgan fingerprint density at radius 2 is 1.07 bits per heavy atom. The molecule has 4 nitrogen and oxygen atoms in total. The van der Waals surface area contributed by atoms with Crippen molar-refractivity contribution in [2.24, 2.45) is 0 Å². The molecule has 13 aromatic rings. The predicted octanol–water partition coefficient (Wildman–Crippen LogP) is 14.6. The van der Waals surface area contributed by atoms with Crippen molar-refractivity contribution in [2.75, 3.05) is 0 Å². The van der Waals surface area contributed by atoms with Crippen LogP contribution in [0.15, 0.2) is 180 Å². The van der Waals surface area contributed by atoms with Crippen molar-refractivity contribution in [3.63, 3.8) is 0 Å². The van der Waals surface area contributed by atoms with Gasteiger partial charge in [-0.05, 0) is 70.1 Å². The third-order valence-corrected chi connectivity index (χ3v) is 13.0. The first-order valence-electron chi connectivity index (χ1n) is 19.2. The Balaban J connectivity index is 1.17. The molecule has 0 saturated heterocycles. The van der Waals surface area contributed by atoms with Crippen LogP contribution in [-0.4, -0.2) is 14.5 Å². The number of hydrogen-bond acceptors (Lipinski definition) is 4. The van der Waals surface area contributed by atoms with Gasteiger partial charge in [-0.15, -0.1) is 11.3 Å². The zero-order valence-electron chi connectivity index (χ0n) is 30.4. The molecular formula is C52H29N3OS. The predicted molar refractivity (Wildman–Crippen MR) is 240 cm³/mol. The molecule has 0 aliphatic heterocycles. The number of hydrogen-bond donors (Lipinski definition) is 0. The van der Waals surface area contributed by atoms with Gasteiger partial charge in [0.25, 0.3) is 0 Å². The minimum atomic E-state index is 0.698. The molecule has 0 saturated carbocycles.